The number of rotatable bonds is 4. The summed E-state index contributed by atoms with van der Waals surface area (Å²) in [5.74, 6) is 0. The van der Waals surface area contributed by atoms with E-state index in [1.165, 1.54) is 55.2 Å². The van der Waals surface area contributed by atoms with E-state index in [9.17, 15) is 0 Å². The van der Waals surface area contributed by atoms with Gasteiger partial charge in [-0.1, -0.05) is 117 Å². The lowest BCUT2D eigenvalue weighted by Gasteiger charge is -2.32. The van der Waals surface area contributed by atoms with Crippen molar-refractivity contribution >= 4 is 49.8 Å². The summed E-state index contributed by atoms with van der Waals surface area (Å²) >= 11 is 0. The van der Waals surface area contributed by atoms with E-state index >= 15 is 0 Å². The van der Waals surface area contributed by atoms with Gasteiger partial charge in [0.15, 0.2) is 0 Å². The van der Waals surface area contributed by atoms with Crippen LogP contribution in [0.15, 0.2) is 156 Å². The largest absolute Gasteiger partial charge is 0.456 e. The van der Waals surface area contributed by atoms with Gasteiger partial charge < -0.3 is 9.32 Å². The first-order chi connectivity index (χ1) is 22.1. The topological polar surface area (TPSA) is 16.4 Å². The molecule has 0 radical (unpaired) electrons. The van der Waals surface area contributed by atoms with E-state index in [0.29, 0.717) is 0 Å². The molecule has 1 heterocycles. The van der Waals surface area contributed by atoms with Gasteiger partial charge in [-0.3, -0.25) is 0 Å². The third-order valence-corrected chi connectivity index (χ3v) is 9.61. The summed E-state index contributed by atoms with van der Waals surface area (Å²) < 4.78 is 6.36. The first-order valence-electron chi connectivity index (χ1n) is 15.6. The molecule has 7 aromatic carbocycles. The Labute approximate surface area is 262 Å². The molecule has 8 aromatic rings. The summed E-state index contributed by atoms with van der Waals surface area (Å²) in [6.45, 7) is 4.71. The standard InChI is InChI=1S/C43H31NO/c1-43(2)38-27-41-37(34-15-8-9-18-40(34)45-41)26-36(38)35-16-10-17-39(42(35)43)44(33-24-21-29-13-6-7-14-31(29)25-33)32-22-19-30(20-23-32)28-11-4-3-5-12-28/h3-27H,1-2H3. The van der Waals surface area contributed by atoms with Crippen LogP contribution in [-0.2, 0) is 5.41 Å². The zero-order valence-corrected chi connectivity index (χ0v) is 25.3. The maximum absolute atomic E-state index is 6.36. The van der Waals surface area contributed by atoms with Crippen molar-refractivity contribution in [3.63, 3.8) is 0 Å². The highest BCUT2D eigenvalue weighted by atomic mass is 16.3. The Morgan fingerprint density at radius 3 is 2.04 bits per heavy atom. The quantitative estimate of drug-likeness (QED) is 0.207. The van der Waals surface area contributed by atoms with E-state index in [1.807, 2.05) is 6.07 Å². The highest BCUT2D eigenvalue weighted by Crippen LogP contribution is 2.55. The zero-order valence-electron chi connectivity index (χ0n) is 25.3. The number of para-hydroxylation sites is 1. The predicted molar refractivity (Wildman–Crippen MR) is 189 cm³/mol. The second kappa shape index (κ2) is 9.70. The van der Waals surface area contributed by atoms with Crippen LogP contribution in [0.25, 0.3) is 55.0 Å². The first-order valence-corrected chi connectivity index (χ1v) is 15.6. The normalized spacial score (nSPS) is 13.3. The van der Waals surface area contributed by atoms with Crippen LogP contribution in [0.3, 0.4) is 0 Å². The second-order valence-electron chi connectivity index (χ2n) is 12.6. The highest BCUT2D eigenvalue weighted by Gasteiger charge is 2.39. The fraction of sp³-hybridized carbons (Fsp3) is 0.0698. The van der Waals surface area contributed by atoms with Crippen LogP contribution in [-0.4, -0.2) is 0 Å². The Bertz CT molecular complexity index is 2400. The molecule has 0 bridgehead atoms. The average molecular weight is 578 g/mol. The number of anilines is 3. The lowest BCUT2D eigenvalue weighted by molar-refractivity contribution is 0.647. The van der Waals surface area contributed by atoms with E-state index in [4.69, 9.17) is 4.42 Å². The van der Waals surface area contributed by atoms with Crippen molar-refractivity contribution in [3.05, 3.63) is 163 Å². The Morgan fingerprint density at radius 1 is 0.489 bits per heavy atom. The van der Waals surface area contributed by atoms with E-state index < -0.39 is 0 Å². The minimum Gasteiger partial charge on any atom is -0.456 e. The molecular formula is C43H31NO. The number of benzene rings is 7. The third-order valence-electron chi connectivity index (χ3n) is 9.61. The lowest BCUT2D eigenvalue weighted by atomic mass is 9.81. The summed E-state index contributed by atoms with van der Waals surface area (Å²) in [7, 11) is 0. The van der Waals surface area contributed by atoms with Gasteiger partial charge in [-0.25, -0.2) is 0 Å². The first kappa shape index (κ1) is 25.9. The molecule has 2 nitrogen and oxygen atoms in total. The summed E-state index contributed by atoms with van der Waals surface area (Å²) in [6, 6.07) is 54.7. The molecule has 0 saturated carbocycles. The van der Waals surface area contributed by atoms with Crippen LogP contribution >= 0.6 is 0 Å². The predicted octanol–water partition coefficient (Wildman–Crippen LogP) is 12.2. The average Bonchev–Trinajstić information content (AvgIpc) is 3.56. The molecule has 1 aliphatic carbocycles. The summed E-state index contributed by atoms with van der Waals surface area (Å²) in [5, 5.41) is 4.79. The summed E-state index contributed by atoms with van der Waals surface area (Å²) in [5.41, 5.74) is 12.7. The fourth-order valence-electron chi connectivity index (χ4n) is 7.43. The molecule has 214 valence electrons. The van der Waals surface area contributed by atoms with Crippen molar-refractivity contribution in [1.82, 2.24) is 0 Å². The number of hydrogen-bond acceptors (Lipinski definition) is 2. The Morgan fingerprint density at radius 2 is 1.20 bits per heavy atom. The molecule has 1 aliphatic rings. The zero-order chi connectivity index (χ0) is 30.1. The van der Waals surface area contributed by atoms with Gasteiger partial charge in [0.25, 0.3) is 0 Å². The van der Waals surface area contributed by atoms with Gasteiger partial charge in [0, 0.05) is 27.6 Å². The maximum Gasteiger partial charge on any atom is 0.135 e. The molecule has 1 aromatic heterocycles. The van der Waals surface area contributed by atoms with Gasteiger partial charge in [-0.05, 0) is 92.7 Å². The lowest BCUT2D eigenvalue weighted by Crippen LogP contribution is -2.20. The molecule has 0 spiro atoms. The maximum atomic E-state index is 6.36. The molecule has 0 fully saturated rings. The molecule has 0 aliphatic heterocycles. The molecule has 0 saturated heterocycles. The third kappa shape index (κ3) is 3.96. The van der Waals surface area contributed by atoms with E-state index in [1.54, 1.807) is 0 Å². The monoisotopic (exact) mass is 577 g/mol. The molecule has 0 N–H and O–H groups in total. The van der Waals surface area contributed by atoms with Crippen molar-refractivity contribution in [3.8, 4) is 22.3 Å². The van der Waals surface area contributed by atoms with Gasteiger partial charge in [0.2, 0.25) is 0 Å². The SMILES string of the molecule is CC1(C)c2cc3oc4ccccc4c3cc2-c2cccc(N(c3ccc(-c4ccccc4)cc3)c3ccc4ccccc4c3)c21. The second-order valence-corrected chi connectivity index (χ2v) is 12.6. The number of furan rings is 1. The van der Waals surface area contributed by atoms with Crippen molar-refractivity contribution < 1.29 is 4.42 Å². The van der Waals surface area contributed by atoms with Gasteiger partial charge in [-0.15, -0.1) is 0 Å². The van der Waals surface area contributed by atoms with Gasteiger partial charge >= 0.3 is 0 Å². The van der Waals surface area contributed by atoms with E-state index in [2.05, 4.69) is 164 Å². The van der Waals surface area contributed by atoms with Crippen molar-refractivity contribution in [2.45, 2.75) is 19.3 Å². The van der Waals surface area contributed by atoms with E-state index in [0.717, 1.165) is 27.9 Å². The molecular weight excluding hydrogens is 546 g/mol. The fourth-order valence-corrected chi connectivity index (χ4v) is 7.43. The van der Waals surface area contributed by atoms with Crippen LogP contribution in [0.2, 0.25) is 0 Å². The molecule has 0 atom stereocenters. The van der Waals surface area contributed by atoms with Crippen LogP contribution in [0.4, 0.5) is 17.1 Å². The van der Waals surface area contributed by atoms with Crippen molar-refractivity contribution in [2.24, 2.45) is 0 Å². The summed E-state index contributed by atoms with van der Waals surface area (Å²) in [6.07, 6.45) is 0. The van der Waals surface area contributed by atoms with Gasteiger partial charge in [0.05, 0.1) is 5.69 Å². The molecule has 0 amide bonds. The van der Waals surface area contributed by atoms with Crippen molar-refractivity contribution in [2.75, 3.05) is 4.90 Å². The molecule has 2 heteroatoms. The van der Waals surface area contributed by atoms with Crippen molar-refractivity contribution in [1.29, 1.82) is 0 Å². The molecule has 45 heavy (non-hydrogen) atoms. The summed E-state index contributed by atoms with van der Waals surface area (Å²) in [4.78, 5) is 2.44. The minimum atomic E-state index is -0.243. The number of hydrogen-bond donors (Lipinski definition) is 0. The van der Waals surface area contributed by atoms with Crippen LogP contribution in [0.5, 0.6) is 0 Å². The highest BCUT2D eigenvalue weighted by molar-refractivity contribution is 6.08. The minimum absolute atomic E-state index is 0.243. The van der Waals surface area contributed by atoms with E-state index in [-0.39, 0.29) is 5.41 Å². The smallest absolute Gasteiger partial charge is 0.135 e. The Hall–Kier alpha value is -5.60. The number of fused-ring (bicyclic) bond motifs is 7. The Balaban J connectivity index is 1.27. The Kier molecular flexibility index (Phi) is 5.58. The van der Waals surface area contributed by atoms with Crippen LogP contribution < -0.4 is 4.90 Å². The number of nitrogens with zero attached hydrogens (tertiary/aromatic N) is 1. The molecule has 9 rings (SSSR count). The van der Waals surface area contributed by atoms with Crippen LogP contribution in [0.1, 0.15) is 25.0 Å². The van der Waals surface area contributed by atoms with Gasteiger partial charge in [-0.2, -0.15) is 0 Å². The van der Waals surface area contributed by atoms with Crippen LogP contribution in [0, 0.1) is 0 Å². The van der Waals surface area contributed by atoms with Gasteiger partial charge in [0.1, 0.15) is 11.2 Å². The molecule has 0 unspecified atom stereocenters.